The molecular formula is C19H21NO4S. The molecule has 0 aliphatic rings. The van der Waals surface area contributed by atoms with Crippen molar-refractivity contribution in [3.63, 3.8) is 0 Å². The number of nitrogens with one attached hydrogen (secondary N) is 1. The lowest BCUT2D eigenvalue weighted by atomic mass is 9.85. The van der Waals surface area contributed by atoms with Crippen molar-refractivity contribution < 1.29 is 19.4 Å². The highest BCUT2D eigenvalue weighted by Crippen LogP contribution is 2.25. The molecule has 2 N–H and O–H groups in total. The Morgan fingerprint density at radius 2 is 1.68 bits per heavy atom. The second-order valence-electron chi connectivity index (χ2n) is 6.02. The fraction of sp³-hybridized carbons (Fsp3) is 0.263. The van der Waals surface area contributed by atoms with Gasteiger partial charge in [0.15, 0.2) is 0 Å². The molecule has 0 radical (unpaired) electrons. The monoisotopic (exact) mass is 359 g/mol. The van der Waals surface area contributed by atoms with Crippen LogP contribution >= 0.6 is 11.8 Å². The lowest BCUT2D eigenvalue weighted by Gasteiger charge is -2.19. The van der Waals surface area contributed by atoms with Gasteiger partial charge in [0.25, 0.3) is 0 Å². The van der Waals surface area contributed by atoms with Crippen molar-refractivity contribution in [1.29, 1.82) is 0 Å². The average molecular weight is 359 g/mol. The van der Waals surface area contributed by atoms with Crippen molar-refractivity contribution in [3.8, 4) is 5.75 Å². The third kappa shape index (κ3) is 5.00. The van der Waals surface area contributed by atoms with Crippen molar-refractivity contribution in [1.82, 2.24) is 0 Å². The van der Waals surface area contributed by atoms with Gasteiger partial charge in [-0.3, -0.25) is 9.59 Å². The van der Waals surface area contributed by atoms with Gasteiger partial charge in [0.2, 0.25) is 5.91 Å². The Morgan fingerprint density at radius 3 is 2.20 bits per heavy atom. The van der Waals surface area contributed by atoms with Gasteiger partial charge >= 0.3 is 5.97 Å². The van der Waals surface area contributed by atoms with Gasteiger partial charge < -0.3 is 15.2 Å². The van der Waals surface area contributed by atoms with E-state index in [4.69, 9.17) is 4.74 Å². The number of hydrogen-bond donors (Lipinski definition) is 2. The summed E-state index contributed by atoms with van der Waals surface area (Å²) < 4.78 is 5.10. The summed E-state index contributed by atoms with van der Waals surface area (Å²) >= 11 is 1.43. The van der Waals surface area contributed by atoms with E-state index in [1.54, 1.807) is 45.2 Å². The first-order valence-corrected chi connectivity index (χ1v) is 8.72. The average Bonchev–Trinajstić information content (AvgIpc) is 2.60. The zero-order valence-corrected chi connectivity index (χ0v) is 15.2. The molecule has 2 aromatic carbocycles. The van der Waals surface area contributed by atoms with Crippen LogP contribution in [0.2, 0.25) is 0 Å². The Hall–Kier alpha value is -2.47. The number of carboxylic acids is 1. The standard InChI is InChI=1S/C19H21NO4S/c1-19(2,18(22)23)13-4-6-14(7-5-13)20-17(21)12-25-16-10-8-15(24-3)9-11-16/h4-11H,12H2,1-3H3,(H,20,21)(H,22,23). The molecule has 0 unspecified atom stereocenters. The second kappa shape index (κ2) is 8.07. The molecule has 132 valence electrons. The van der Waals surface area contributed by atoms with E-state index in [0.29, 0.717) is 11.3 Å². The molecule has 2 rings (SSSR count). The summed E-state index contributed by atoms with van der Waals surface area (Å²) in [5.74, 6) is 0.0544. The Bertz CT molecular complexity index is 739. The van der Waals surface area contributed by atoms with E-state index in [9.17, 15) is 14.7 Å². The molecular weight excluding hydrogens is 338 g/mol. The number of aliphatic carboxylic acids is 1. The maximum atomic E-state index is 12.0. The molecule has 0 aliphatic heterocycles. The van der Waals surface area contributed by atoms with Gasteiger partial charge in [0.1, 0.15) is 5.75 Å². The van der Waals surface area contributed by atoms with Gasteiger partial charge in [-0.25, -0.2) is 0 Å². The molecule has 5 nitrogen and oxygen atoms in total. The van der Waals surface area contributed by atoms with Crippen molar-refractivity contribution in [3.05, 3.63) is 54.1 Å². The Balaban J connectivity index is 1.90. The van der Waals surface area contributed by atoms with Crippen LogP contribution in [-0.4, -0.2) is 29.8 Å². The predicted octanol–water partition coefficient (Wildman–Crippen LogP) is 3.79. The number of carbonyl (C=O) groups is 2. The fourth-order valence-electron chi connectivity index (χ4n) is 2.11. The van der Waals surface area contributed by atoms with Crippen LogP contribution in [0.3, 0.4) is 0 Å². The van der Waals surface area contributed by atoms with E-state index in [2.05, 4.69) is 5.32 Å². The van der Waals surface area contributed by atoms with Crippen molar-refractivity contribution >= 4 is 29.3 Å². The number of thioether (sulfide) groups is 1. The smallest absolute Gasteiger partial charge is 0.313 e. The molecule has 0 fully saturated rings. The summed E-state index contributed by atoms with van der Waals surface area (Å²) in [6.07, 6.45) is 0. The first-order chi connectivity index (χ1) is 11.8. The topological polar surface area (TPSA) is 75.6 Å². The van der Waals surface area contributed by atoms with Crippen molar-refractivity contribution in [2.45, 2.75) is 24.2 Å². The van der Waals surface area contributed by atoms with Gasteiger partial charge in [-0.1, -0.05) is 12.1 Å². The minimum atomic E-state index is -0.966. The second-order valence-corrected chi connectivity index (χ2v) is 7.07. The summed E-state index contributed by atoms with van der Waals surface area (Å²) in [6, 6.07) is 14.4. The van der Waals surface area contributed by atoms with E-state index >= 15 is 0 Å². The zero-order chi connectivity index (χ0) is 18.4. The van der Waals surface area contributed by atoms with Crippen LogP contribution in [0.1, 0.15) is 19.4 Å². The van der Waals surface area contributed by atoms with Crippen molar-refractivity contribution in [2.75, 3.05) is 18.2 Å². The lowest BCUT2D eigenvalue weighted by molar-refractivity contribution is -0.142. The molecule has 0 atom stereocenters. The molecule has 0 saturated heterocycles. The highest BCUT2D eigenvalue weighted by Gasteiger charge is 2.29. The quantitative estimate of drug-likeness (QED) is 0.736. The summed E-state index contributed by atoms with van der Waals surface area (Å²) in [4.78, 5) is 24.3. The molecule has 0 aliphatic carbocycles. The number of carbonyl (C=O) groups excluding carboxylic acids is 1. The molecule has 25 heavy (non-hydrogen) atoms. The molecule has 0 aromatic heterocycles. The van der Waals surface area contributed by atoms with E-state index in [1.165, 1.54) is 11.8 Å². The number of amides is 1. The first-order valence-electron chi connectivity index (χ1n) is 7.73. The Labute approximate surface area is 151 Å². The maximum absolute atomic E-state index is 12.0. The number of rotatable bonds is 7. The Morgan fingerprint density at radius 1 is 1.08 bits per heavy atom. The largest absolute Gasteiger partial charge is 0.497 e. The third-order valence-corrected chi connectivity index (χ3v) is 4.87. The minimum absolute atomic E-state index is 0.119. The highest BCUT2D eigenvalue weighted by molar-refractivity contribution is 8.00. The van der Waals surface area contributed by atoms with E-state index < -0.39 is 11.4 Å². The summed E-state index contributed by atoms with van der Waals surface area (Å²) in [5, 5.41) is 12.1. The maximum Gasteiger partial charge on any atom is 0.313 e. The lowest BCUT2D eigenvalue weighted by Crippen LogP contribution is -2.28. The van der Waals surface area contributed by atoms with Crippen LogP contribution in [0.15, 0.2) is 53.4 Å². The predicted molar refractivity (Wildman–Crippen MR) is 99.5 cm³/mol. The van der Waals surface area contributed by atoms with Gasteiger partial charge in [-0.2, -0.15) is 0 Å². The van der Waals surface area contributed by atoms with E-state index in [0.717, 1.165) is 10.6 Å². The van der Waals surface area contributed by atoms with E-state index in [-0.39, 0.29) is 11.7 Å². The van der Waals surface area contributed by atoms with Crippen LogP contribution < -0.4 is 10.1 Å². The SMILES string of the molecule is COc1ccc(SCC(=O)Nc2ccc(C(C)(C)C(=O)O)cc2)cc1. The molecule has 0 heterocycles. The molecule has 0 saturated carbocycles. The molecule has 6 heteroatoms. The van der Waals surface area contributed by atoms with Gasteiger partial charge in [-0.05, 0) is 55.8 Å². The fourth-order valence-corrected chi connectivity index (χ4v) is 2.81. The third-order valence-electron chi connectivity index (χ3n) is 3.85. The van der Waals surface area contributed by atoms with Gasteiger partial charge in [0.05, 0.1) is 18.3 Å². The molecule has 1 amide bonds. The van der Waals surface area contributed by atoms with E-state index in [1.807, 2.05) is 24.3 Å². The number of anilines is 1. The number of benzene rings is 2. The molecule has 0 bridgehead atoms. The summed E-state index contributed by atoms with van der Waals surface area (Å²) in [7, 11) is 1.61. The number of methoxy groups -OCH3 is 1. The minimum Gasteiger partial charge on any atom is -0.497 e. The Kier molecular flexibility index (Phi) is 6.09. The molecule has 0 spiro atoms. The zero-order valence-electron chi connectivity index (χ0n) is 14.4. The normalized spacial score (nSPS) is 11.0. The first kappa shape index (κ1) is 18.9. The highest BCUT2D eigenvalue weighted by atomic mass is 32.2. The number of carboxylic acid groups (broad SMARTS) is 1. The van der Waals surface area contributed by atoms with Crippen molar-refractivity contribution in [2.24, 2.45) is 0 Å². The van der Waals surface area contributed by atoms with Crippen LogP contribution in [0.5, 0.6) is 5.75 Å². The van der Waals surface area contributed by atoms with Gasteiger partial charge in [0, 0.05) is 10.6 Å². The summed E-state index contributed by atoms with van der Waals surface area (Å²) in [6.45, 7) is 3.29. The van der Waals surface area contributed by atoms with Crippen LogP contribution in [0.25, 0.3) is 0 Å². The number of hydrogen-bond acceptors (Lipinski definition) is 4. The molecule has 2 aromatic rings. The number of ether oxygens (including phenoxy) is 1. The van der Waals surface area contributed by atoms with Crippen LogP contribution in [0.4, 0.5) is 5.69 Å². The summed E-state index contributed by atoms with van der Waals surface area (Å²) in [5.41, 5.74) is 0.364. The van der Waals surface area contributed by atoms with Crippen LogP contribution in [-0.2, 0) is 15.0 Å². The van der Waals surface area contributed by atoms with Crippen LogP contribution in [0, 0.1) is 0 Å². The van der Waals surface area contributed by atoms with Gasteiger partial charge in [-0.15, -0.1) is 11.8 Å².